The van der Waals surface area contributed by atoms with Crippen molar-refractivity contribution in [3.63, 3.8) is 0 Å². The fourth-order valence-electron chi connectivity index (χ4n) is 1.11. The number of hydrogen-bond acceptors (Lipinski definition) is 4. The molecule has 0 saturated carbocycles. The maximum Gasteiger partial charge on any atom is 0.408 e. The maximum atomic E-state index is 11.5. The first-order chi connectivity index (χ1) is 7.80. The van der Waals surface area contributed by atoms with Crippen molar-refractivity contribution in [2.75, 3.05) is 13.2 Å². The molecule has 0 bridgehead atoms. The van der Waals surface area contributed by atoms with Gasteiger partial charge in [-0.3, -0.25) is 4.79 Å². The van der Waals surface area contributed by atoms with E-state index in [0.717, 1.165) is 0 Å². The molecule has 0 saturated heterocycles. The van der Waals surface area contributed by atoms with Gasteiger partial charge in [0.2, 0.25) is 5.91 Å². The Kier molecular flexibility index (Phi) is 6.57. The van der Waals surface area contributed by atoms with E-state index in [4.69, 9.17) is 9.84 Å². The minimum atomic E-state index is -0.642. The highest BCUT2D eigenvalue weighted by Crippen LogP contribution is 2.07. The number of hydrogen-bond donors (Lipinski definition) is 3. The van der Waals surface area contributed by atoms with E-state index < -0.39 is 17.7 Å². The van der Waals surface area contributed by atoms with Gasteiger partial charge in [-0.2, -0.15) is 0 Å². The minimum Gasteiger partial charge on any atom is -0.444 e. The van der Waals surface area contributed by atoms with Crippen molar-refractivity contribution < 1.29 is 19.4 Å². The van der Waals surface area contributed by atoms with Crippen molar-refractivity contribution in [2.24, 2.45) is 0 Å². The van der Waals surface area contributed by atoms with Gasteiger partial charge in [0, 0.05) is 6.54 Å². The third-order valence-corrected chi connectivity index (χ3v) is 1.83. The van der Waals surface area contributed by atoms with Crippen LogP contribution in [0.5, 0.6) is 0 Å². The molecule has 17 heavy (non-hydrogen) atoms. The first kappa shape index (κ1) is 15.7. The minimum absolute atomic E-state index is 0.130. The molecule has 100 valence electrons. The number of nitrogens with one attached hydrogen (secondary N) is 2. The number of ether oxygens (including phenoxy) is 1. The number of carbonyl (C=O) groups excluding carboxylic acids is 2. The average molecular weight is 246 g/mol. The van der Waals surface area contributed by atoms with E-state index in [1.54, 1.807) is 27.7 Å². The fourth-order valence-corrected chi connectivity index (χ4v) is 1.11. The Hall–Kier alpha value is -1.30. The number of aliphatic hydroxyl groups is 1. The highest BCUT2D eigenvalue weighted by atomic mass is 16.6. The molecular weight excluding hydrogens is 224 g/mol. The summed E-state index contributed by atoms with van der Waals surface area (Å²) in [6.45, 7) is 7.07. The zero-order valence-electron chi connectivity index (χ0n) is 10.9. The van der Waals surface area contributed by atoms with Gasteiger partial charge in [0.15, 0.2) is 0 Å². The normalized spacial score (nSPS) is 12.8. The average Bonchev–Trinajstić information content (AvgIpc) is 2.19. The van der Waals surface area contributed by atoms with Crippen molar-refractivity contribution >= 4 is 12.0 Å². The van der Waals surface area contributed by atoms with Gasteiger partial charge in [0.25, 0.3) is 0 Å². The van der Waals surface area contributed by atoms with Gasteiger partial charge in [0.1, 0.15) is 11.6 Å². The second-order valence-corrected chi connectivity index (χ2v) is 4.62. The first-order valence-corrected chi connectivity index (χ1v) is 5.68. The molecule has 1 atom stereocenters. The second-order valence-electron chi connectivity index (χ2n) is 4.62. The van der Waals surface area contributed by atoms with Crippen LogP contribution in [-0.4, -0.2) is 41.9 Å². The number of aliphatic hydroxyl groups excluding tert-OH is 1. The van der Waals surface area contributed by atoms with E-state index in [0.29, 0.717) is 6.42 Å². The Bertz CT molecular complexity index is 261. The summed E-state index contributed by atoms with van der Waals surface area (Å²) in [4.78, 5) is 23.0. The van der Waals surface area contributed by atoms with E-state index in [1.165, 1.54) is 0 Å². The molecule has 6 heteroatoms. The van der Waals surface area contributed by atoms with Gasteiger partial charge < -0.3 is 20.5 Å². The van der Waals surface area contributed by atoms with Gasteiger partial charge in [-0.25, -0.2) is 4.79 Å². The molecule has 0 aromatic rings. The van der Waals surface area contributed by atoms with E-state index in [9.17, 15) is 9.59 Å². The third kappa shape index (κ3) is 7.57. The molecule has 0 aliphatic carbocycles. The van der Waals surface area contributed by atoms with Gasteiger partial charge in [-0.05, 0) is 27.2 Å². The summed E-state index contributed by atoms with van der Waals surface area (Å²) >= 11 is 0. The van der Waals surface area contributed by atoms with E-state index in [-0.39, 0.29) is 19.1 Å². The Morgan fingerprint density at radius 1 is 1.35 bits per heavy atom. The summed E-state index contributed by atoms with van der Waals surface area (Å²) < 4.78 is 5.05. The van der Waals surface area contributed by atoms with E-state index >= 15 is 0 Å². The third-order valence-electron chi connectivity index (χ3n) is 1.83. The lowest BCUT2D eigenvalue weighted by atomic mass is 10.2. The Morgan fingerprint density at radius 3 is 2.35 bits per heavy atom. The van der Waals surface area contributed by atoms with Crippen LogP contribution in [0.1, 0.15) is 34.1 Å². The van der Waals surface area contributed by atoms with Crippen LogP contribution in [0.15, 0.2) is 0 Å². The molecule has 0 fully saturated rings. The molecule has 0 aliphatic rings. The van der Waals surface area contributed by atoms with Crippen LogP contribution in [0.4, 0.5) is 4.79 Å². The van der Waals surface area contributed by atoms with Gasteiger partial charge in [-0.15, -0.1) is 0 Å². The molecule has 0 heterocycles. The molecule has 0 aliphatic heterocycles. The lowest BCUT2D eigenvalue weighted by Crippen LogP contribution is -2.48. The molecule has 0 radical (unpaired) electrons. The molecule has 0 spiro atoms. The Labute approximate surface area is 102 Å². The molecule has 0 rings (SSSR count). The number of carbonyl (C=O) groups is 2. The van der Waals surface area contributed by atoms with Crippen molar-refractivity contribution in [1.82, 2.24) is 10.6 Å². The van der Waals surface area contributed by atoms with Gasteiger partial charge in [-0.1, -0.05) is 6.92 Å². The van der Waals surface area contributed by atoms with Crippen LogP contribution >= 0.6 is 0 Å². The van der Waals surface area contributed by atoms with Crippen LogP contribution in [0.25, 0.3) is 0 Å². The quantitative estimate of drug-likeness (QED) is 0.655. The molecule has 0 aromatic carbocycles. The summed E-state index contributed by atoms with van der Waals surface area (Å²) in [6.07, 6.45) is -0.167. The van der Waals surface area contributed by atoms with Gasteiger partial charge >= 0.3 is 6.09 Å². The Balaban J connectivity index is 4.21. The summed E-state index contributed by atoms with van der Waals surface area (Å²) in [6, 6.07) is -0.642. The number of amides is 2. The predicted molar refractivity (Wildman–Crippen MR) is 63.5 cm³/mol. The SMILES string of the molecule is CC[C@H](NC(=O)OC(C)(C)C)C(=O)NCCO. The summed E-state index contributed by atoms with van der Waals surface area (Å²) in [7, 11) is 0. The van der Waals surface area contributed by atoms with Crippen molar-refractivity contribution in [3.8, 4) is 0 Å². The monoisotopic (exact) mass is 246 g/mol. The molecule has 2 amide bonds. The van der Waals surface area contributed by atoms with Crippen molar-refractivity contribution in [1.29, 1.82) is 0 Å². The lowest BCUT2D eigenvalue weighted by molar-refractivity contribution is -0.123. The zero-order valence-corrected chi connectivity index (χ0v) is 10.9. The lowest BCUT2D eigenvalue weighted by Gasteiger charge is -2.22. The standard InChI is InChI=1S/C11H22N2O4/c1-5-8(9(15)12-6-7-14)13-10(16)17-11(2,3)4/h8,14H,5-7H2,1-4H3,(H,12,15)(H,13,16)/t8-/m0/s1. The van der Waals surface area contributed by atoms with Gasteiger partial charge in [0.05, 0.1) is 6.61 Å². The molecule has 3 N–H and O–H groups in total. The largest absolute Gasteiger partial charge is 0.444 e. The van der Waals surface area contributed by atoms with Crippen molar-refractivity contribution in [2.45, 2.75) is 45.8 Å². The molecule has 0 unspecified atom stereocenters. The zero-order chi connectivity index (χ0) is 13.5. The second kappa shape index (κ2) is 7.11. The smallest absolute Gasteiger partial charge is 0.408 e. The van der Waals surface area contributed by atoms with E-state index in [1.807, 2.05) is 0 Å². The highest BCUT2D eigenvalue weighted by Gasteiger charge is 2.22. The van der Waals surface area contributed by atoms with Crippen LogP contribution < -0.4 is 10.6 Å². The van der Waals surface area contributed by atoms with Crippen LogP contribution in [0.3, 0.4) is 0 Å². The fraction of sp³-hybridized carbons (Fsp3) is 0.818. The van der Waals surface area contributed by atoms with E-state index in [2.05, 4.69) is 10.6 Å². The topological polar surface area (TPSA) is 87.7 Å². The predicted octanol–water partition coefficient (Wildman–Crippen LogP) is 0.398. The first-order valence-electron chi connectivity index (χ1n) is 5.68. The number of rotatable bonds is 5. The molecular formula is C11H22N2O4. The highest BCUT2D eigenvalue weighted by molar-refractivity contribution is 5.85. The van der Waals surface area contributed by atoms with Crippen LogP contribution in [0, 0.1) is 0 Å². The summed E-state index contributed by atoms with van der Waals surface area (Å²) in [5.41, 5.74) is -0.593. The summed E-state index contributed by atoms with van der Waals surface area (Å²) in [5, 5.41) is 13.5. The summed E-state index contributed by atoms with van der Waals surface area (Å²) in [5.74, 6) is -0.326. The van der Waals surface area contributed by atoms with Crippen LogP contribution in [0.2, 0.25) is 0 Å². The van der Waals surface area contributed by atoms with Crippen LogP contribution in [-0.2, 0) is 9.53 Å². The van der Waals surface area contributed by atoms with Crippen molar-refractivity contribution in [3.05, 3.63) is 0 Å². The Morgan fingerprint density at radius 2 is 1.94 bits per heavy atom. The molecule has 0 aromatic heterocycles. The number of alkyl carbamates (subject to hydrolysis) is 1. The molecule has 6 nitrogen and oxygen atoms in total. The maximum absolute atomic E-state index is 11.5.